The summed E-state index contributed by atoms with van der Waals surface area (Å²) in [5.74, 6) is 0.0670. The van der Waals surface area contributed by atoms with Gasteiger partial charge in [-0.05, 0) is 59.0 Å². The average molecular weight is 448 g/mol. The molecule has 4 rings (SSSR count). The molecule has 2 aromatic carbocycles. The van der Waals surface area contributed by atoms with Crippen LogP contribution >= 0.6 is 0 Å². The van der Waals surface area contributed by atoms with Gasteiger partial charge in [-0.3, -0.25) is 4.79 Å². The Kier molecular flexibility index (Phi) is 6.50. The molecule has 5 heteroatoms. The van der Waals surface area contributed by atoms with E-state index < -0.39 is 5.97 Å². The molecule has 5 nitrogen and oxygen atoms in total. The van der Waals surface area contributed by atoms with Crippen LogP contribution in [0.4, 0.5) is 0 Å². The highest BCUT2D eigenvalue weighted by molar-refractivity contribution is 5.86. The number of aliphatic carboxylic acids is 1. The Hall–Kier alpha value is -3.21. The van der Waals surface area contributed by atoms with Crippen molar-refractivity contribution in [1.29, 1.82) is 0 Å². The average Bonchev–Trinajstić information content (AvgIpc) is 3.31. The van der Waals surface area contributed by atoms with Crippen molar-refractivity contribution in [2.75, 3.05) is 6.61 Å². The van der Waals surface area contributed by atoms with Crippen molar-refractivity contribution in [2.45, 2.75) is 59.8 Å². The molecule has 0 aliphatic rings. The minimum Gasteiger partial charge on any atom is -0.493 e. The number of furan rings is 1. The highest BCUT2D eigenvalue weighted by Crippen LogP contribution is 2.35. The molecule has 33 heavy (non-hydrogen) atoms. The van der Waals surface area contributed by atoms with Crippen molar-refractivity contribution < 1.29 is 19.1 Å². The number of rotatable bonds is 9. The molecule has 0 saturated heterocycles. The molecule has 0 amide bonds. The third-order valence-corrected chi connectivity index (χ3v) is 5.83. The van der Waals surface area contributed by atoms with Gasteiger partial charge in [0.15, 0.2) is 0 Å². The number of carbonyl (C=O) groups is 1. The predicted octanol–water partition coefficient (Wildman–Crippen LogP) is 6.70. The molecule has 2 N–H and O–H groups in total. The van der Waals surface area contributed by atoms with Gasteiger partial charge in [0, 0.05) is 28.6 Å². The van der Waals surface area contributed by atoms with E-state index >= 15 is 0 Å². The molecule has 0 spiro atoms. The number of H-pyrrole nitrogens is 1. The number of hydrogen-bond acceptors (Lipinski definition) is 3. The van der Waals surface area contributed by atoms with Crippen LogP contribution in [0.3, 0.4) is 0 Å². The molecule has 0 aliphatic carbocycles. The van der Waals surface area contributed by atoms with Crippen molar-refractivity contribution in [3.63, 3.8) is 0 Å². The molecule has 0 aliphatic heterocycles. The second-order valence-electron chi connectivity index (χ2n) is 10.1. The molecule has 0 saturated carbocycles. The van der Waals surface area contributed by atoms with E-state index in [0.29, 0.717) is 6.61 Å². The van der Waals surface area contributed by atoms with Crippen molar-refractivity contribution in [1.82, 2.24) is 4.98 Å². The van der Waals surface area contributed by atoms with Crippen LogP contribution in [0.15, 0.2) is 47.1 Å². The molecule has 0 fully saturated rings. The number of ether oxygens (including phenoxy) is 1. The van der Waals surface area contributed by atoms with Gasteiger partial charge in [0.2, 0.25) is 0 Å². The summed E-state index contributed by atoms with van der Waals surface area (Å²) in [5.41, 5.74) is 6.36. The summed E-state index contributed by atoms with van der Waals surface area (Å²) in [6.07, 6.45) is 5.57. The third-order valence-electron chi connectivity index (χ3n) is 5.83. The maximum absolute atomic E-state index is 11.0. The van der Waals surface area contributed by atoms with Crippen LogP contribution in [0.2, 0.25) is 0 Å². The number of carboxylic acids is 1. The zero-order valence-electron chi connectivity index (χ0n) is 20.0. The Labute approximate surface area is 194 Å². The number of carboxylic acid groups (broad SMARTS) is 1. The normalized spacial score (nSPS) is 12.0. The Morgan fingerprint density at radius 1 is 1.12 bits per heavy atom. The first-order valence-electron chi connectivity index (χ1n) is 11.7. The van der Waals surface area contributed by atoms with Crippen molar-refractivity contribution >= 4 is 27.8 Å². The zero-order valence-corrected chi connectivity index (χ0v) is 20.0. The van der Waals surface area contributed by atoms with Gasteiger partial charge in [-0.1, -0.05) is 46.2 Å². The van der Waals surface area contributed by atoms with Crippen LogP contribution in [-0.2, 0) is 30.5 Å². The molecule has 0 atom stereocenters. The van der Waals surface area contributed by atoms with Gasteiger partial charge >= 0.3 is 5.97 Å². The highest BCUT2D eigenvalue weighted by Gasteiger charge is 2.19. The molecule has 0 radical (unpaired) electrons. The van der Waals surface area contributed by atoms with E-state index in [1.54, 1.807) is 0 Å². The number of aromatic amines is 1. The predicted molar refractivity (Wildman–Crippen MR) is 132 cm³/mol. The van der Waals surface area contributed by atoms with E-state index in [1.807, 2.05) is 24.5 Å². The first-order valence-corrected chi connectivity index (χ1v) is 11.7. The Morgan fingerprint density at radius 3 is 2.67 bits per heavy atom. The van der Waals surface area contributed by atoms with Crippen molar-refractivity contribution in [3.05, 3.63) is 65.0 Å². The largest absolute Gasteiger partial charge is 0.493 e. The van der Waals surface area contributed by atoms with Gasteiger partial charge in [0.1, 0.15) is 11.3 Å². The quantitative estimate of drug-likeness (QED) is 0.299. The van der Waals surface area contributed by atoms with E-state index in [0.717, 1.165) is 64.7 Å². The van der Waals surface area contributed by atoms with Gasteiger partial charge in [-0.25, -0.2) is 0 Å². The van der Waals surface area contributed by atoms with Gasteiger partial charge in [0.25, 0.3) is 0 Å². The smallest absolute Gasteiger partial charge is 0.307 e. The fourth-order valence-electron chi connectivity index (χ4n) is 4.45. The monoisotopic (exact) mass is 447 g/mol. The lowest BCUT2D eigenvalue weighted by molar-refractivity contribution is -0.136. The number of hydrogen-bond donors (Lipinski definition) is 2. The lowest BCUT2D eigenvalue weighted by Crippen LogP contribution is -2.08. The summed E-state index contributed by atoms with van der Waals surface area (Å²) >= 11 is 0. The van der Waals surface area contributed by atoms with E-state index in [9.17, 15) is 4.79 Å². The van der Waals surface area contributed by atoms with Gasteiger partial charge < -0.3 is 19.2 Å². The number of nitrogens with one attached hydrogen (secondary N) is 1. The van der Waals surface area contributed by atoms with Gasteiger partial charge in [-0.15, -0.1) is 0 Å². The number of benzene rings is 2. The SMILES string of the molecule is CCCc1c(OCCc2cc3ccc(CC(=O)O)cc3[nH]2)ccc2c(CC(C)(C)C)coc12. The summed E-state index contributed by atoms with van der Waals surface area (Å²) in [5, 5.41) is 11.3. The fourth-order valence-corrected chi connectivity index (χ4v) is 4.45. The van der Waals surface area contributed by atoms with Crippen LogP contribution in [-0.4, -0.2) is 22.7 Å². The van der Waals surface area contributed by atoms with E-state index in [1.165, 1.54) is 10.9 Å². The van der Waals surface area contributed by atoms with Crippen LogP contribution in [0.5, 0.6) is 5.75 Å². The molecule has 0 bridgehead atoms. The van der Waals surface area contributed by atoms with Crippen LogP contribution < -0.4 is 4.74 Å². The molecule has 4 aromatic rings. The van der Waals surface area contributed by atoms with Crippen LogP contribution in [0.1, 0.15) is 56.5 Å². The number of aryl methyl sites for hydroxylation is 1. The maximum atomic E-state index is 11.0. The second kappa shape index (κ2) is 9.34. The standard InChI is InChI=1S/C28H33NO4/c1-5-6-23-25(10-9-22-20(16-28(2,3)4)17-33-27(22)23)32-12-11-21-15-19-8-7-18(14-26(30)31)13-24(19)29-21/h7-10,13,15,17,29H,5-6,11-12,14,16H2,1-4H3,(H,30,31). The topological polar surface area (TPSA) is 75.5 Å². The first-order chi connectivity index (χ1) is 15.7. The summed E-state index contributed by atoms with van der Waals surface area (Å²) in [7, 11) is 0. The Balaban J connectivity index is 1.49. The lowest BCUT2D eigenvalue weighted by atomic mass is 9.88. The molecular weight excluding hydrogens is 414 g/mol. The Morgan fingerprint density at radius 2 is 1.94 bits per heavy atom. The van der Waals surface area contributed by atoms with Crippen LogP contribution in [0.25, 0.3) is 21.9 Å². The summed E-state index contributed by atoms with van der Waals surface area (Å²) in [6, 6.07) is 12.1. The summed E-state index contributed by atoms with van der Waals surface area (Å²) in [6.45, 7) is 9.45. The maximum Gasteiger partial charge on any atom is 0.307 e. The minimum absolute atomic E-state index is 0.0281. The van der Waals surface area contributed by atoms with Gasteiger partial charge in [-0.2, -0.15) is 0 Å². The second-order valence-corrected chi connectivity index (χ2v) is 10.1. The van der Waals surface area contributed by atoms with Crippen LogP contribution in [0, 0.1) is 5.41 Å². The minimum atomic E-state index is -0.823. The molecule has 0 unspecified atom stereocenters. The summed E-state index contributed by atoms with van der Waals surface area (Å²) in [4.78, 5) is 14.4. The van der Waals surface area contributed by atoms with E-state index in [4.69, 9.17) is 14.3 Å². The van der Waals surface area contributed by atoms with Crippen molar-refractivity contribution in [3.8, 4) is 5.75 Å². The molecule has 2 heterocycles. The first kappa shape index (κ1) is 23.0. The van der Waals surface area contributed by atoms with Gasteiger partial charge in [0.05, 0.1) is 19.3 Å². The number of fused-ring (bicyclic) bond motifs is 2. The van der Waals surface area contributed by atoms with E-state index in [2.05, 4.69) is 50.9 Å². The number of aromatic nitrogens is 1. The van der Waals surface area contributed by atoms with E-state index in [-0.39, 0.29) is 11.8 Å². The van der Waals surface area contributed by atoms with Crippen molar-refractivity contribution in [2.24, 2.45) is 5.41 Å². The zero-order chi connectivity index (χ0) is 23.6. The Bertz CT molecular complexity index is 1270. The molecule has 2 aromatic heterocycles. The fraction of sp³-hybridized carbons (Fsp3) is 0.393. The molecular formula is C28H33NO4. The lowest BCUT2D eigenvalue weighted by Gasteiger charge is -2.17. The third kappa shape index (κ3) is 5.41. The summed E-state index contributed by atoms with van der Waals surface area (Å²) < 4.78 is 12.3. The molecule has 174 valence electrons. The highest BCUT2D eigenvalue weighted by atomic mass is 16.5.